The van der Waals surface area contributed by atoms with Gasteiger partial charge in [0, 0.05) is 31.2 Å². The van der Waals surface area contributed by atoms with Crippen LogP contribution in [0.2, 0.25) is 0 Å². The second-order valence-corrected chi connectivity index (χ2v) is 11.0. The molecule has 5 rings (SSSR count). The molecule has 12 heteroatoms. The number of carbonyl (C=O) groups excluding carboxylic acids is 1. The number of fused-ring (bicyclic) bond motifs is 1. The van der Waals surface area contributed by atoms with Crippen molar-refractivity contribution in [3.8, 4) is 5.82 Å². The summed E-state index contributed by atoms with van der Waals surface area (Å²) in [6, 6.07) is 8.68. The van der Waals surface area contributed by atoms with Gasteiger partial charge in [-0.3, -0.25) is 4.57 Å². The van der Waals surface area contributed by atoms with Crippen molar-refractivity contribution in [3.63, 3.8) is 0 Å². The lowest BCUT2D eigenvalue weighted by Crippen LogP contribution is -2.44. The second-order valence-electron chi connectivity index (χ2n) is 11.0. The molecule has 2 aromatic heterocycles. The van der Waals surface area contributed by atoms with Crippen molar-refractivity contribution in [3.05, 3.63) is 36.2 Å². The molecule has 1 aliphatic heterocycles. The number of nitrogens with zero attached hydrogens (tertiary/aromatic N) is 5. The summed E-state index contributed by atoms with van der Waals surface area (Å²) >= 11 is 0. The SMILES string of the molecule is CC(C)(C)OC(=O)NC1CCCC(Nc2nc(N3CCOCC3)cc(-n3c(C(F)F)nc4ccccc43)n2)C1. The van der Waals surface area contributed by atoms with Gasteiger partial charge < -0.3 is 25.0 Å². The molecule has 3 aromatic rings. The third-order valence-corrected chi connectivity index (χ3v) is 6.77. The Morgan fingerprint density at radius 1 is 1.08 bits per heavy atom. The highest BCUT2D eigenvalue weighted by atomic mass is 19.3. The Morgan fingerprint density at radius 2 is 1.79 bits per heavy atom. The van der Waals surface area contributed by atoms with E-state index in [0.717, 1.165) is 19.3 Å². The zero-order valence-corrected chi connectivity index (χ0v) is 22.5. The maximum absolute atomic E-state index is 14.1. The lowest BCUT2D eigenvalue weighted by Gasteiger charge is -2.32. The van der Waals surface area contributed by atoms with Crippen molar-refractivity contribution in [2.24, 2.45) is 0 Å². The third kappa shape index (κ3) is 6.55. The van der Waals surface area contributed by atoms with Gasteiger partial charge in [-0.05, 0) is 58.6 Å². The van der Waals surface area contributed by atoms with E-state index in [1.807, 2.05) is 20.8 Å². The molecule has 1 aromatic carbocycles. The molecule has 0 radical (unpaired) electrons. The van der Waals surface area contributed by atoms with Crippen LogP contribution in [-0.2, 0) is 9.47 Å². The Kier molecular flexibility index (Phi) is 7.83. The molecule has 3 heterocycles. The van der Waals surface area contributed by atoms with Crippen LogP contribution in [-0.4, -0.2) is 69.6 Å². The minimum absolute atomic E-state index is 0.0134. The number of benzene rings is 1. The third-order valence-electron chi connectivity index (χ3n) is 6.77. The average molecular weight is 544 g/mol. The number of alkyl halides is 2. The molecule has 0 bridgehead atoms. The number of rotatable bonds is 6. The fourth-order valence-electron chi connectivity index (χ4n) is 5.10. The van der Waals surface area contributed by atoms with E-state index >= 15 is 0 Å². The molecule has 39 heavy (non-hydrogen) atoms. The molecule has 1 saturated heterocycles. The number of ether oxygens (including phenoxy) is 2. The van der Waals surface area contributed by atoms with E-state index in [4.69, 9.17) is 14.5 Å². The van der Waals surface area contributed by atoms with E-state index < -0.39 is 18.1 Å². The molecule has 2 fully saturated rings. The molecule has 210 valence electrons. The fraction of sp³-hybridized carbons (Fsp3) is 0.556. The lowest BCUT2D eigenvalue weighted by atomic mass is 9.91. The first-order valence-electron chi connectivity index (χ1n) is 13.4. The normalized spacial score (nSPS) is 20.3. The van der Waals surface area contributed by atoms with Crippen molar-refractivity contribution < 1.29 is 23.0 Å². The second kappa shape index (κ2) is 11.3. The highest BCUT2D eigenvalue weighted by Gasteiger charge is 2.27. The van der Waals surface area contributed by atoms with Gasteiger partial charge in [-0.2, -0.15) is 9.97 Å². The molecule has 2 N–H and O–H groups in total. The Bertz CT molecular complexity index is 1300. The van der Waals surface area contributed by atoms with Gasteiger partial charge in [-0.15, -0.1) is 0 Å². The molecule has 2 atom stereocenters. The zero-order valence-electron chi connectivity index (χ0n) is 22.5. The summed E-state index contributed by atoms with van der Waals surface area (Å²) in [5.41, 5.74) is 0.441. The summed E-state index contributed by atoms with van der Waals surface area (Å²) in [4.78, 5) is 28.0. The van der Waals surface area contributed by atoms with Gasteiger partial charge in [0.2, 0.25) is 5.95 Å². The molecule has 10 nitrogen and oxygen atoms in total. The fourth-order valence-corrected chi connectivity index (χ4v) is 5.10. The molecular formula is C27H35F2N7O3. The number of amides is 1. The van der Waals surface area contributed by atoms with Crippen molar-refractivity contribution in [1.29, 1.82) is 0 Å². The molecule has 2 unspecified atom stereocenters. The van der Waals surface area contributed by atoms with Crippen LogP contribution < -0.4 is 15.5 Å². The Balaban J connectivity index is 1.44. The van der Waals surface area contributed by atoms with Crippen LogP contribution in [0, 0.1) is 0 Å². The Labute approximate surface area is 226 Å². The van der Waals surface area contributed by atoms with E-state index in [2.05, 4.69) is 25.5 Å². The number of alkyl carbamates (subject to hydrolysis) is 1. The van der Waals surface area contributed by atoms with Gasteiger partial charge in [0.15, 0.2) is 5.82 Å². The van der Waals surface area contributed by atoms with Crippen LogP contribution >= 0.6 is 0 Å². The summed E-state index contributed by atoms with van der Waals surface area (Å²) in [7, 11) is 0. The number of nitrogens with one attached hydrogen (secondary N) is 2. The first kappa shape index (κ1) is 27.0. The molecule has 1 saturated carbocycles. The van der Waals surface area contributed by atoms with Crippen molar-refractivity contribution in [2.75, 3.05) is 36.5 Å². The molecule has 2 aliphatic rings. The number of aromatic nitrogens is 4. The number of hydrogen-bond donors (Lipinski definition) is 2. The summed E-state index contributed by atoms with van der Waals surface area (Å²) in [5.74, 6) is 0.920. The Morgan fingerprint density at radius 3 is 2.54 bits per heavy atom. The van der Waals surface area contributed by atoms with Gasteiger partial charge in [-0.25, -0.2) is 18.6 Å². The van der Waals surface area contributed by atoms with Crippen LogP contribution in [0.25, 0.3) is 16.9 Å². The van der Waals surface area contributed by atoms with E-state index in [1.165, 1.54) is 4.57 Å². The van der Waals surface area contributed by atoms with Crippen LogP contribution in [0.5, 0.6) is 0 Å². The highest BCUT2D eigenvalue weighted by Crippen LogP contribution is 2.30. The highest BCUT2D eigenvalue weighted by molar-refractivity contribution is 5.78. The van der Waals surface area contributed by atoms with Crippen molar-refractivity contribution >= 4 is 28.9 Å². The monoisotopic (exact) mass is 543 g/mol. The van der Waals surface area contributed by atoms with Crippen LogP contribution in [0.1, 0.15) is 58.7 Å². The van der Waals surface area contributed by atoms with Crippen molar-refractivity contribution in [1.82, 2.24) is 24.8 Å². The largest absolute Gasteiger partial charge is 0.444 e. The topological polar surface area (TPSA) is 106 Å². The summed E-state index contributed by atoms with van der Waals surface area (Å²) in [5, 5.41) is 6.39. The minimum atomic E-state index is -2.78. The standard InChI is InChI=1S/C27H35F2N7O3/c1-27(2,3)39-26(37)31-18-8-6-7-17(15-18)30-25-33-21(35-11-13-38-14-12-35)16-22(34-25)36-20-10-5-4-9-19(20)32-24(36)23(28)29/h4-5,9-10,16-18,23H,6-8,11-15H2,1-3H3,(H,31,37)(H,30,33,34). The molecule has 1 aliphatic carbocycles. The van der Waals surface area contributed by atoms with Gasteiger partial charge in [-0.1, -0.05) is 12.1 Å². The maximum atomic E-state index is 14.1. The summed E-state index contributed by atoms with van der Waals surface area (Å²) in [6.45, 7) is 7.87. The minimum Gasteiger partial charge on any atom is -0.444 e. The molecule has 1 amide bonds. The van der Waals surface area contributed by atoms with Crippen LogP contribution in [0.3, 0.4) is 0 Å². The van der Waals surface area contributed by atoms with Crippen LogP contribution in [0.15, 0.2) is 30.3 Å². The first-order chi connectivity index (χ1) is 18.7. The summed E-state index contributed by atoms with van der Waals surface area (Å²) < 4.78 is 40.6. The van der Waals surface area contributed by atoms with E-state index in [9.17, 15) is 13.6 Å². The number of para-hydroxylation sites is 2. The number of imidazole rings is 1. The molecule has 0 spiro atoms. The number of carbonyl (C=O) groups is 1. The number of anilines is 2. The van der Waals surface area contributed by atoms with E-state index in [0.29, 0.717) is 61.3 Å². The number of halogens is 2. The number of hydrogen-bond acceptors (Lipinski definition) is 8. The maximum Gasteiger partial charge on any atom is 0.407 e. The number of morpholine rings is 1. The van der Waals surface area contributed by atoms with Crippen molar-refractivity contribution in [2.45, 2.75) is 70.6 Å². The van der Waals surface area contributed by atoms with Gasteiger partial charge >= 0.3 is 6.09 Å². The first-order valence-corrected chi connectivity index (χ1v) is 13.4. The van der Waals surface area contributed by atoms with E-state index in [-0.39, 0.29) is 17.9 Å². The van der Waals surface area contributed by atoms with E-state index in [1.54, 1.807) is 30.3 Å². The quantitative estimate of drug-likeness (QED) is 0.455. The molecular weight excluding hydrogens is 508 g/mol. The van der Waals surface area contributed by atoms with Gasteiger partial charge in [0.1, 0.15) is 17.2 Å². The van der Waals surface area contributed by atoms with Crippen LogP contribution in [0.4, 0.5) is 25.3 Å². The van der Waals surface area contributed by atoms with Gasteiger partial charge in [0.05, 0.1) is 24.2 Å². The summed E-state index contributed by atoms with van der Waals surface area (Å²) in [6.07, 6.45) is 0.0479. The predicted octanol–water partition coefficient (Wildman–Crippen LogP) is 4.84. The van der Waals surface area contributed by atoms with Gasteiger partial charge in [0.25, 0.3) is 6.43 Å². The smallest absolute Gasteiger partial charge is 0.407 e. The predicted molar refractivity (Wildman–Crippen MR) is 144 cm³/mol. The lowest BCUT2D eigenvalue weighted by molar-refractivity contribution is 0.0492. The average Bonchev–Trinajstić information content (AvgIpc) is 3.28. The Hall–Kier alpha value is -3.54. The zero-order chi connectivity index (χ0) is 27.6.